The van der Waals surface area contributed by atoms with E-state index >= 15 is 0 Å². The summed E-state index contributed by atoms with van der Waals surface area (Å²) in [5, 5.41) is 0.677. The molecule has 2 aliphatic heterocycles. The van der Waals surface area contributed by atoms with E-state index in [-0.39, 0.29) is 23.7 Å². The van der Waals surface area contributed by atoms with E-state index in [0.717, 1.165) is 76.1 Å². The van der Waals surface area contributed by atoms with Crippen LogP contribution in [0.1, 0.15) is 75.5 Å². The van der Waals surface area contributed by atoms with Crippen LogP contribution >= 0.6 is 11.6 Å². The van der Waals surface area contributed by atoms with Gasteiger partial charge in [0.05, 0.1) is 0 Å². The number of nitrogens with zero attached hydrogens (tertiary/aromatic N) is 3. The van der Waals surface area contributed by atoms with Gasteiger partial charge in [0, 0.05) is 76.0 Å². The minimum Gasteiger partial charge on any atom is -0.343 e. The van der Waals surface area contributed by atoms with E-state index < -0.39 is 0 Å². The quantitative estimate of drug-likeness (QED) is 0.531. The number of likely N-dealkylation sites (tertiary alicyclic amines) is 1. The number of hydrogen-bond donors (Lipinski definition) is 0. The average molecular weight is 516 g/mol. The molecular weight excluding hydrogens is 474 g/mol. The maximum absolute atomic E-state index is 13.0. The zero-order valence-electron chi connectivity index (χ0n) is 22.2. The number of rotatable bonds is 7. The van der Waals surface area contributed by atoms with Crippen molar-refractivity contribution in [3.05, 3.63) is 33.8 Å². The van der Waals surface area contributed by atoms with Crippen LogP contribution < -0.4 is 0 Å². The summed E-state index contributed by atoms with van der Waals surface area (Å²) in [5.74, 6) is 1.32. The normalized spacial score (nSPS) is 22.3. The van der Waals surface area contributed by atoms with E-state index in [9.17, 15) is 14.4 Å². The first-order chi connectivity index (χ1) is 17.2. The minimum atomic E-state index is 0.123. The summed E-state index contributed by atoms with van der Waals surface area (Å²) in [6.07, 6.45) is 7.25. The Labute approximate surface area is 221 Å². The smallest absolute Gasteiger partial charge is 0.226 e. The third-order valence-electron chi connectivity index (χ3n) is 8.64. The Balaban J connectivity index is 1.32. The molecule has 1 aromatic rings. The molecule has 0 N–H and O–H groups in total. The Morgan fingerprint density at radius 3 is 2.28 bits per heavy atom. The van der Waals surface area contributed by atoms with Crippen molar-refractivity contribution in [3.8, 4) is 0 Å². The van der Waals surface area contributed by atoms with Crippen LogP contribution in [0.2, 0.25) is 5.02 Å². The van der Waals surface area contributed by atoms with Crippen molar-refractivity contribution in [2.45, 2.75) is 84.7 Å². The highest BCUT2D eigenvalue weighted by molar-refractivity contribution is 6.30. The Hall–Kier alpha value is -1.92. The predicted molar refractivity (Wildman–Crippen MR) is 143 cm³/mol. The molecule has 3 aliphatic rings. The molecule has 1 saturated carbocycles. The predicted octanol–water partition coefficient (Wildman–Crippen LogP) is 4.63. The average Bonchev–Trinajstić information content (AvgIpc) is 3.37. The maximum atomic E-state index is 13.0. The van der Waals surface area contributed by atoms with Crippen molar-refractivity contribution in [3.63, 3.8) is 0 Å². The molecule has 2 saturated heterocycles. The van der Waals surface area contributed by atoms with E-state index in [1.54, 1.807) is 6.92 Å². The summed E-state index contributed by atoms with van der Waals surface area (Å²) in [7, 11) is 0. The van der Waals surface area contributed by atoms with Crippen LogP contribution in [0.5, 0.6) is 0 Å². The standard InChI is InChI=1S/C29H42ClN3O3/c1-20-18-31(12-13-33(20)29(36)24-6-4-5-7-24)19-26-16-27(30)15-25(21(26)2)17-28(35)14-23-8-10-32(11-9-23)22(3)34/h15-16,20,23-24H,4-14,17-19H2,1-3H3/t20-/m0/s1. The van der Waals surface area contributed by atoms with Crippen LogP contribution in [0.15, 0.2) is 12.1 Å². The molecule has 4 rings (SSSR count). The molecule has 1 aliphatic carbocycles. The SMILES string of the molecule is CC(=O)N1CCC(CC(=O)Cc2cc(Cl)cc(CN3CCN(C(=O)C4CCCC4)[C@@H](C)C3)c2C)CC1. The number of amides is 2. The second-order valence-corrected chi connectivity index (χ2v) is 11.8. The van der Waals surface area contributed by atoms with Crippen molar-refractivity contribution in [2.24, 2.45) is 11.8 Å². The van der Waals surface area contributed by atoms with Crippen molar-refractivity contribution in [1.82, 2.24) is 14.7 Å². The maximum Gasteiger partial charge on any atom is 0.226 e. The summed E-state index contributed by atoms with van der Waals surface area (Å²) in [6.45, 7) is 10.7. The number of halogens is 1. The van der Waals surface area contributed by atoms with Gasteiger partial charge in [-0.3, -0.25) is 19.3 Å². The van der Waals surface area contributed by atoms with E-state index in [1.807, 2.05) is 17.0 Å². The fourth-order valence-electron chi connectivity index (χ4n) is 6.36. The molecule has 2 amide bonds. The zero-order chi connectivity index (χ0) is 25.8. The van der Waals surface area contributed by atoms with Gasteiger partial charge >= 0.3 is 0 Å². The van der Waals surface area contributed by atoms with Crippen LogP contribution in [0, 0.1) is 18.8 Å². The molecule has 2 heterocycles. The van der Waals surface area contributed by atoms with Gasteiger partial charge in [0.15, 0.2) is 0 Å². The monoisotopic (exact) mass is 515 g/mol. The molecule has 1 aromatic carbocycles. The largest absolute Gasteiger partial charge is 0.343 e. The molecule has 0 aromatic heterocycles. The van der Waals surface area contributed by atoms with Crippen LogP contribution in [0.25, 0.3) is 0 Å². The van der Waals surface area contributed by atoms with Crippen molar-refractivity contribution >= 4 is 29.2 Å². The number of piperazine rings is 1. The van der Waals surface area contributed by atoms with Crippen LogP contribution in [0.4, 0.5) is 0 Å². The van der Waals surface area contributed by atoms with Crippen molar-refractivity contribution in [2.75, 3.05) is 32.7 Å². The van der Waals surface area contributed by atoms with Gasteiger partial charge in [0.25, 0.3) is 0 Å². The van der Waals surface area contributed by atoms with E-state index in [2.05, 4.69) is 23.6 Å². The fourth-order valence-corrected chi connectivity index (χ4v) is 6.62. The molecule has 7 heteroatoms. The third kappa shape index (κ3) is 6.69. The van der Waals surface area contributed by atoms with Gasteiger partial charge < -0.3 is 9.80 Å². The number of benzene rings is 1. The zero-order valence-corrected chi connectivity index (χ0v) is 23.0. The fraction of sp³-hybridized carbons (Fsp3) is 0.690. The molecule has 3 fully saturated rings. The second-order valence-electron chi connectivity index (χ2n) is 11.3. The Morgan fingerprint density at radius 1 is 0.972 bits per heavy atom. The second kappa shape index (κ2) is 12.1. The topological polar surface area (TPSA) is 60.9 Å². The summed E-state index contributed by atoms with van der Waals surface area (Å²) in [5.41, 5.74) is 3.34. The molecular formula is C29H42ClN3O3. The lowest BCUT2D eigenvalue weighted by Crippen LogP contribution is -2.54. The van der Waals surface area contributed by atoms with Gasteiger partial charge in [0.2, 0.25) is 11.8 Å². The molecule has 36 heavy (non-hydrogen) atoms. The van der Waals surface area contributed by atoms with Gasteiger partial charge in [-0.2, -0.15) is 0 Å². The third-order valence-corrected chi connectivity index (χ3v) is 8.86. The molecule has 0 radical (unpaired) electrons. The van der Waals surface area contributed by atoms with Gasteiger partial charge in [-0.1, -0.05) is 24.4 Å². The van der Waals surface area contributed by atoms with Gasteiger partial charge in [-0.05, 0) is 74.3 Å². The van der Waals surface area contributed by atoms with Gasteiger partial charge in [-0.25, -0.2) is 0 Å². The van der Waals surface area contributed by atoms with Crippen molar-refractivity contribution in [1.29, 1.82) is 0 Å². The Morgan fingerprint density at radius 2 is 1.64 bits per heavy atom. The number of hydrogen-bond acceptors (Lipinski definition) is 4. The molecule has 0 unspecified atom stereocenters. The minimum absolute atomic E-state index is 0.123. The molecule has 198 valence electrons. The van der Waals surface area contributed by atoms with E-state index in [4.69, 9.17) is 11.6 Å². The first kappa shape index (κ1) is 27.1. The lowest BCUT2D eigenvalue weighted by Gasteiger charge is -2.41. The Kier molecular flexibility index (Phi) is 9.10. The summed E-state index contributed by atoms with van der Waals surface area (Å²) >= 11 is 6.51. The summed E-state index contributed by atoms with van der Waals surface area (Å²) in [4.78, 5) is 43.8. The first-order valence-corrected chi connectivity index (χ1v) is 14.2. The van der Waals surface area contributed by atoms with Gasteiger partial charge in [0.1, 0.15) is 5.78 Å². The molecule has 0 spiro atoms. The number of carbonyl (C=O) groups is 3. The van der Waals surface area contributed by atoms with Crippen LogP contribution in [-0.4, -0.2) is 71.1 Å². The van der Waals surface area contributed by atoms with Crippen LogP contribution in [-0.2, 0) is 27.3 Å². The molecule has 6 nitrogen and oxygen atoms in total. The summed E-state index contributed by atoms with van der Waals surface area (Å²) < 4.78 is 0. The van der Waals surface area contributed by atoms with Gasteiger partial charge in [-0.15, -0.1) is 0 Å². The highest BCUT2D eigenvalue weighted by atomic mass is 35.5. The lowest BCUT2D eigenvalue weighted by atomic mass is 9.89. The lowest BCUT2D eigenvalue weighted by molar-refractivity contribution is -0.140. The molecule has 0 bridgehead atoms. The highest BCUT2D eigenvalue weighted by Gasteiger charge is 2.33. The first-order valence-electron chi connectivity index (χ1n) is 13.8. The number of piperidine rings is 1. The number of carbonyl (C=O) groups excluding carboxylic acids is 3. The van der Waals surface area contributed by atoms with Crippen LogP contribution in [0.3, 0.4) is 0 Å². The summed E-state index contributed by atoms with van der Waals surface area (Å²) in [6, 6.07) is 4.18. The molecule has 1 atom stereocenters. The number of Topliss-reactive ketones (excluding diaryl/α,β-unsaturated/α-hetero) is 1. The highest BCUT2D eigenvalue weighted by Crippen LogP contribution is 2.29. The number of ketones is 1. The van der Waals surface area contributed by atoms with E-state index in [1.165, 1.54) is 18.4 Å². The Bertz CT molecular complexity index is 967. The van der Waals surface area contributed by atoms with E-state index in [0.29, 0.717) is 29.7 Å². The van der Waals surface area contributed by atoms with Crippen molar-refractivity contribution < 1.29 is 14.4 Å².